The minimum absolute atomic E-state index is 0.375. The van der Waals surface area contributed by atoms with Gasteiger partial charge in [-0.25, -0.2) is 18.2 Å². The summed E-state index contributed by atoms with van der Waals surface area (Å²) in [6.07, 6.45) is 2.28. The van der Waals surface area contributed by atoms with Crippen LogP contribution < -0.4 is 4.90 Å². The minimum atomic E-state index is -1.05. The van der Waals surface area contributed by atoms with Crippen molar-refractivity contribution in [2.45, 2.75) is 12.6 Å². The van der Waals surface area contributed by atoms with Crippen molar-refractivity contribution in [3.8, 4) is 0 Å². The number of hydrogen-bond acceptors (Lipinski definition) is 4. The molecule has 2 aromatic carbocycles. The first kappa shape index (κ1) is 20.4. The molecule has 1 aliphatic rings. The monoisotopic (exact) mass is 416 g/mol. The number of hydrogen-bond donors (Lipinski definition) is 1. The maximum atomic E-state index is 14.8. The summed E-state index contributed by atoms with van der Waals surface area (Å²) in [5.74, 6) is -1.67. The van der Waals surface area contributed by atoms with Crippen molar-refractivity contribution in [3.63, 3.8) is 0 Å². The van der Waals surface area contributed by atoms with Gasteiger partial charge in [-0.15, -0.1) is 0 Å². The standard InChI is InChI=1S/C22H23F3N4O/c1-27-8-7-26-22(27)21(30)16-3-2-4-18(24)20(16)29-11-9-28(10-12-29)14-15-5-6-17(23)19(25)13-15/h2-8,13,21,30H,9-12,14H2,1H3/t21-/m1/s1. The van der Waals surface area contributed by atoms with Crippen molar-refractivity contribution < 1.29 is 18.3 Å². The number of nitrogens with zero attached hydrogens (tertiary/aromatic N) is 4. The van der Waals surface area contributed by atoms with Gasteiger partial charge in [-0.1, -0.05) is 18.2 Å². The van der Waals surface area contributed by atoms with E-state index in [1.165, 1.54) is 12.1 Å². The molecule has 0 spiro atoms. The molecule has 0 radical (unpaired) electrons. The van der Waals surface area contributed by atoms with E-state index in [0.29, 0.717) is 55.4 Å². The first-order valence-electron chi connectivity index (χ1n) is 9.79. The van der Waals surface area contributed by atoms with Gasteiger partial charge in [0.05, 0.1) is 5.69 Å². The number of aromatic nitrogens is 2. The SMILES string of the molecule is Cn1ccnc1[C@H](O)c1cccc(F)c1N1CCN(Cc2ccc(F)c(F)c2)CC1. The number of halogens is 3. The normalized spacial score (nSPS) is 16.1. The zero-order valence-electron chi connectivity index (χ0n) is 16.6. The van der Waals surface area contributed by atoms with Crippen molar-refractivity contribution in [2.75, 3.05) is 31.1 Å². The molecule has 0 bridgehead atoms. The molecule has 1 fully saturated rings. The van der Waals surface area contributed by atoms with E-state index in [-0.39, 0.29) is 0 Å². The van der Waals surface area contributed by atoms with Crippen LogP contribution in [0.3, 0.4) is 0 Å². The van der Waals surface area contributed by atoms with E-state index < -0.39 is 23.6 Å². The number of piperazine rings is 1. The fourth-order valence-corrected chi connectivity index (χ4v) is 3.89. The Balaban J connectivity index is 1.49. The summed E-state index contributed by atoms with van der Waals surface area (Å²) < 4.78 is 43.1. The molecule has 4 rings (SSSR count). The van der Waals surface area contributed by atoms with Crippen LogP contribution in [0.5, 0.6) is 0 Å². The summed E-state index contributed by atoms with van der Waals surface area (Å²) in [5.41, 5.74) is 1.54. The molecular formula is C22H23F3N4O. The van der Waals surface area contributed by atoms with Gasteiger partial charge in [-0.3, -0.25) is 4.90 Å². The van der Waals surface area contributed by atoms with E-state index in [4.69, 9.17) is 0 Å². The molecule has 0 saturated carbocycles. The third kappa shape index (κ3) is 4.06. The summed E-state index contributed by atoms with van der Waals surface area (Å²) in [5, 5.41) is 10.8. The zero-order valence-corrected chi connectivity index (χ0v) is 16.6. The Morgan fingerprint density at radius 3 is 2.43 bits per heavy atom. The first-order valence-corrected chi connectivity index (χ1v) is 9.79. The number of benzene rings is 2. The van der Waals surface area contributed by atoms with Gasteiger partial charge in [-0.05, 0) is 23.8 Å². The zero-order chi connectivity index (χ0) is 21.3. The van der Waals surface area contributed by atoms with E-state index >= 15 is 0 Å². The van der Waals surface area contributed by atoms with Gasteiger partial charge in [0.15, 0.2) is 11.6 Å². The van der Waals surface area contributed by atoms with E-state index in [0.717, 1.165) is 6.07 Å². The molecule has 30 heavy (non-hydrogen) atoms. The molecule has 1 atom stereocenters. The molecular weight excluding hydrogens is 393 g/mol. The second-order valence-corrected chi connectivity index (χ2v) is 7.49. The van der Waals surface area contributed by atoms with Crippen molar-refractivity contribution >= 4 is 5.69 Å². The molecule has 1 aliphatic heterocycles. The molecule has 3 aromatic rings. The molecule has 5 nitrogen and oxygen atoms in total. The summed E-state index contributed by atoms with van der Waals surface area (Å²) in [4.78, 5) is 8.21. The molecule has 0 amide bonds. The van der Waals surface area contributed by atoms with E-state index in [1.54, 1.807) is 42.2 Å². The Morgan fingerprint density at radius 2 is 1.77 bits per heavy atom. The Labute approximate surface area is 173 Å². The smallest absolute Gasteiger partial charge is 0.159 e. The molecule has 2 heterocycles. The van der Waals surface area contributed by atoms with Crippen LogP contribution in [-0.2, 0) is 13.6 Å². The molecule has 8 heteroatoms. The topological polar surface area (TPSA) is 44.5 Å². The predicted octanol–water partition coefficient (Wildman–Crippen LogP) is 3.24. The van der Waals surface area contributed by atoms with Crippen LogP contribution in [0.4, 0.5) is 18.9 Å². The minimum Gasteiger partial charge on any atom is -0.380 e. The summed E-state index contributed by atoms with van der Waals surface area (Å²) in [6, 6.07) is 8.59. The van der Waals surface area contributed by atoms with Crippen molar-refractivity contribution in [2.24, 2.45) is 7.05 Å². The summed E-state index contributed by atoms with van der Waals surface area (Å²) >= 11 is 0. The first-order chi connectivity index (χ1) is 14.4. The molecule has 1 saturated heterocycles. The molecule has 158 valence electrons. The fraction of sp³-hybridized carbons (Fsp3) is 0.318. The average molecular weight is 416 g/mol. The van der Waals surface area contributed by atoms with Gasteiger partial charge >= 0.3 is 0 Å². The molecule has 0 aliphatic carbocycles. The highest BCUT2D eigenvalue weighted by Crippen LogP contribution is 2.33. The highest BCUT2D eigenvalue weighted by molar-refractivity contribution is 5.57. The summed E-state index contributed by atoms with van der Waals surface area (Å²) in [7, 11) is 1.78. The Morgan fingerprint density at radius 1 is 1.00 bits per heavy atom. The number of aliphatic hydroxyl groups is 1. The number of aryl methyl sites for hydroxylation is 1. The summed E-state index contributed by atoms with van der Waals surface area (Å²) in [6.45, 7) is 2.84. The highest BCUT2D eigenvalue weighted by atomic mass is 19.2. The number of para-hydroxylation sites is 1. The lowest BCUT2D eigenvalue weighted by molar-refractivity contribution is 0.205. The van der Waals surface area contributed by atoms with Crippen LogP contribution >= 0.6 is 0 Å². The molecule has 1 N–H and O–H groups in total. The average Bonchev–Trinajstić information content (AvgIpc) is 3.17. The number of anilines is 1. The second-order valence-electron chi connectivity index (χ2n) is 7.49. The van der Waals surface area contributed by atoms with Crippen LogP contribution in [0.2, 0.25) is 0 Å². The number of rotatable bonds is 5. The largest absolute Gasteiger partial charge is 0.380 e. The Kier molecular flexibility index (Phi) is 5.78. The molecule has 0 unspecified atom stereocenters. The third-order valence-corrected chi connectivity index (χ3v) is 5.49. The van der Waals surface area contributed by atoms with Crippen molar-refractivity contribution in [1.82, 2.24) is 14.5 Å². The van der Waals surface area contributed by atoms with Crippen LogP contribution in [0, 0.1) is 17.5 Å². The van der Waals surface area contributed by atoms with Crippen LogP contribution in [0.25, 0.3) is 0 Å². The lowest BCUT2D eigenvalue weighted by Gasteiger charge is -2.37. The van der Waals surface area contributed by atoms with E-state index in [2.05, 4.69) is 9.88 Å². The lowest BCUT2D eigenvalue weighted by Crippen LogP contribution is -2.46. The number of aliphatic hydroxyl groups excluding tert-OH is 1. The predicted molar refractivity (Wildman–Crippen MR) is 108 cm³/mol. The van der Waals surface area contributed by atoms with Gasteiger partial charge in [-0.2, -0.15) is 0 Å². The maximum Gasteiger partial charge on any atom is 0.159 e. The Bertz CT molecular complexity index is 1030. The van der Waals surface area contributed by atoms with Gasteiger partial charge in [0, 0.05) is 57.7 Å². The van der Waals surface area contributed by atoms with E-state index in [9.17, 15) is 18.3 Å². The Hall–Kier alpha value is -2.84. The highest BCUT2D eigenvalue weighted by Gasteiger charge is 2.26. The van der Waals surface area contributed by atoms with Crippen molar-refractivity contribution in [1.29, 1.82) is 0 Å². The van der Waals surface area contributed by atoms with Crippen LogP contribution in [0.1, 0.15) is 23.1 Å². The number of imidazole rings is 1. The van der Waals surface area contributed by atoms with Gasteiger partial charge in [0.2, 0.25) is 0 Å². The quantitative estimate of drug-likeness (QED) is 0.694. The van der Waals surface area contributed by atoms with Crippen molar-refractivity contribution in [3.05, 3.63) is 83.2 Å². The van der Waals surface area contributed by atoms with Gasteiger partial charge in [0.25, 0.3) is 0 Å². The fourth-order valence-electron chi connectivity index (χ4n) is 3.89. The van der Waals surface area contributed by atoms with Gasteiger partial charge in [0.1, 0.15) is 17.7 Å². The second kappa shape index (κ2) is 8.49. The van der Waals surface area contributed by atoms with Crippen LogP contribution in [-0.4, -0.2) is 45.7 Å². The van der Waals surface area contributed by atoms with Gasteiger partial charge < -0.3 is 14.6 Å². The lowest BCUT2D eigenvalue weighted by atomic mass is 10.0. The van der Waals surface area contributed by atoms with Crippen LogP contribution in [0.15, 0.2) is 48.8 Å². The maximum absolute atomic E-state index is 14.8. The van der Waals surface area contributed by atoms with E-state index in [1.807, 2.05) is 4.90 Å². The third-order valence-electron chi connectivity index (χ3n) is 5.49. The molecule has 1 aromatic heterocycles.